The normalized spacial score (nSPS) is 12.3. The van der Waals surface area contributed by atoms with Crippen LogP contribution in [0.4, 0.5) is 23.7 Å². The van der Waals surface area contributed by atoms with Gasteiger partial charge in [0.2, 0.25) is 5.88 Å². The largest absolute Gasteiger partial charge is 0.514 e. The van der Waals surface area contributed by atoms with Gasteiger partial charge in [-0.15, -0.1) is 0 Å². The van der Waals surface area contributed by atoms with Crippen molar-refractivity contribution in [2.75, 3.05) is 0 Å². The second-order valence-corrected chi connectivity index (χ2v) is 5.45. The molecule has 0 fully saturated rings. The van der Waals surface area contributed by atoms with Crippen molar-refractivity contribution in [3.8, 4) is 11.6 Å². The molecule has 2 aromatic rings. The van der Waals surface area contributed by atoms with Gasteiger partial charge in [0, 0.05) is 24.8 Å². The lowest BCUT2D eigenvalue weighted by molar-refractivity contribution is -0.384. The Kier molecular flexibility index (Phi) is 5.83. The van der Waals surface area contributed by atoms with Crippen LogP contribution in [0.2, 0.25) is 0 Å². The monoisotopic (exact) mass is 386 g/mol. The van der Waals surface area contributed by atoms with Gasteiger partial charge in [-0.05, 0) is 30.7 Å². The van der Waals surface area contributed by atoms with Crippen LogP contribution in [0.3, 0.4) is 0 Å². The second kappa shape index (κ2) is 7.89. The number of aromatic nitrogens is 1. The molecule has 0 aliphatic heterocycles. The Morgan fingerprint density at radius 1 is 1.33 bits per heavy atom. The minimum atomic E-state index is -4.77. The average Bonchev–Trinajstić information content (AvgIpc) is 2.55. The number of pyridine rings is 1. The maximum atomic E-state index is 12.7. The van der Waals surface area contributed by atoms with Crippen molar-refractivity contribution in [3.63, 3.8) is 0 Å². The van der Waals surface area contributed by atoms with Crippen LogP contribution < -0.4 is 4.74 Å². The van der Waals surface area contributed by atoms with E-state index in [9.17, 15) is 33.2 Å². The van der Waals surface area contributed by atoms with Crippen LogP contribution in [-0.2, 0) is 17.3 Å². The van der Waals surface area contributed by atoms with Gasteiger partial charge in [0.05, 0.1) is 4.92 Å². The van der Waals surface area contributed by atoms with E-state index in [-0.39, 0.29) is 23.4 Å². The minimum Gasteiger partial charge on any atom is -0.493 e. The van der Waals surface area contributed by atoms with E-state index >= 15 is 0 Å². The van der Waals surface area contributed by atoms with Crippen LogP contribution in [0, 0.1) is 10.1 Å². The van der Waals surface area contributed by atoms with Gasteiger partial charge < -0.3 is 14.6 Å². The second-order valence-electron chi connectivity index (χ2n) is 5.45. The molecule has 0 radical (unpaired) electrons. The van der Waals surface area contributed by atoms with Crippen LogP contribution >= 0.6 is 0 Å². The molecule has 0 amide bonds. The topological polar surface area (TPSA) is 112 Å². The molecule has 1 aromatic heterocycles. The van der Waals surface area contributed by atoms with E-state index in [0.29, 0.717) is 6.07 Å². The Morgan fingerprint density at radius 3 is 2.52 bits per heavy atom. The van der Waals surface area contributed by atoms with Gasteiger partial charge in [0.1, 0.15) is 17.4 Å². The molecule has 1 heterocycles. The lowest BCUT2D eigenvalue weighted by Crippen LogP contribution is -2.20. The van der Waals surface area contributed by atoms with Gasteiger partial charge >= 0.3 is 12.3 Å². The molecule has 0 aliphatic carbocycles. The molecule has 11 heteroatoms. The van der Waals surface area contributed by atoms with Crippen LogP contribution in [0.15, 0.2) is 36.5 Å². The number of nitrogens with zero attached hydrogens (tertiary/aromatic N) is 2. The molecule has 2 rings (SSSR count). The number of hydrogen-bond donors (Lipinski definition) is 1. The molecular weight excluding hydrogens is 373 g/mol. The fraction of sp³-hybridized carbons (Fsp3) is 0.250. The predicted molar refractivity (Wildman–Crippen MR) is 84.3 cm³/mol. The highest BCUT2D eigenvalue weighted by Gasteiger charge is 2.35. The number of carbonyl (C=O) groups is 1. The summed E-state index contributed by atoms with van der Waals surface area (Å²) < 4.78 is 48.0. The zero-order valence-electron chi connectivity index (χ0n) is 13.8. The molecule has 0 bridgehead atoms. The van der Waals surface area contributed by atoms with Crippen LogP contribution in [0.5, 0.6) is 11.6 Å². The van der Waals surface area contributed by atoms with E-state index in [1.165, 1.54) is 19.1 Å². The number of benzene rings is 1. The van der Waals surface area contributed by atoms with Gasteiger partial charge in [-0.3, -0.25) is 10.1 Å². The van der Waals surface area contributed by atoms with Gasteiger partial charge in [0.15, 0.2) is 0 Å². The van der Waals surface area contributed by atoms with E-state index in [0.717, 1.165) is 18.3 Å². The number of hydrogen-bond acceptors (Lipinski definition) is 7. The lowest BCUT2D eigenvalue weighted by Gasteiger charge is -2.14. The fourth-order valence-electron chi connectivity index (χ4n) is 2.12. The van der Waals surface area contributed by atoms with Crippen LogP contribution in [-0.4, -0.2) is 27.3 Å². The number of non-ortho nitro benzene ring substituents is 1. The SMILES string of the molecule is CC(Cc1cnc(O)c(C(F)(F)F)c1)OC(=O)Oc1ccc([N+](=O)[O-])cc1. The molecular formula is C16H13F3N2O6. The third-order valence-corrected chi connectivity index (χ3v) is 3.30. The van der Waals surface area contributed by atoms with E-state index in [1.807, 2.05) is 0 Å². The molecule has 8 nitrogen and oxygen atoms in total. The summed E-state index contributed by atoms with van der Waals surface area (Å²) in [6.07, 6.45) is -5.83. The van der Waals surface area contributed by atoms with Crippen LogP contribution in [0.25, 0.3) is 0 Å². The zero-order valence-corrected chi connectivity index (χ0v) is 13.8. The number of halogens is 3. The van der Waals surface area contributed by atoms with Crippen molar-refractivity contribution in [2.45, 2.75) is 25.6 Å². The maximum Gasteiger partial charge on any atom is 0.514 e. The lowest BCUT2D eigenvalue weighted by atomic mass is 10.1. The highest BCUT2D eigenvalue weighted by atomic mass is 19.4. The van der Waals surface area contributed by atoms with E-state index in [2.05, 4.69) is 4.98 Å². The van der Waals surface area contributed by atoms with Crippen molar-refractivity contribution < 1.29 is 37.5 Å². The van der Waals surface area contributed by atoms with Gasteiger partial charge in [-0.2, -0.15) is 13.2 Å². The first-order valence-corrected chi connectivity index (χ1v) is 7.44. The number of alkyl halides is 3. The first kappa shape index (κ1) is 19.9. The fourth-order valence-corrected chi connectivity index (χ4v) is 2.12. The first-order chi connectivity index (χ1) is 12.6. The molecule has 1 unspecified atom stereocenters. The Balaban J connectivity index is 1.96. The maximum absolute atomic E-state index is 12.7. The summed E-state index contributed by atoms with van der Waals surface area (Å²) in [6.45, 7) is 1.43. The van der Waals surface area contributed by atoms with Crippen LogP contribution in [0.1, 0.15) is 18.1 Å². The highest BCUT2D eigenvalue weighted by Crippen LogP contribution is 2.35. The van der Waals surface area contributed by atoms with Crippen molar-refractivity contribution in [1.82, 2.24) is 4.98 Å². The smallest absolute Gasteiger partial charge is 0.493 e. The summed E-state index contributed by atoms with van der Waals surface area (Å²) in [5, 5.41) is 19.7. The van der Waals surface area contributed by atoms with Crippen molar-refractivity contribution in [1.29, 1.82) is 0 Å². The summed E-state index contributed by atoms with van der Waals surface area (Å²) in [5.41, 5.74) is -1.39. The van der Waals surface area contributed by atoms with Gasteiger partial charge in [-0.25, -0.2) is 9.78 Å². The number of rotatable bonds is 5. The molecule has 0 spiro atoms. The molecule has 0 saturated heterocycles. The molecule has 0 saturated carbocycles. The molecule has 27 heavy (non-hydrogen) atoms. The van der Waals surface area contributed by atoms with Crippen molar-refractivity contribution >= 4 is 11.8 Å². The highest BCUT2D eigenvalue weighted by molar-refractivity contribution is 5.64. The number of ether oxygens (including phenoxy) is 2. The number of carbonyl (C=O) groups excluding carboxylic acids is 1. The molecule has 0 aliphatic rings. The first-order valence-electron chi connectivity index (χ1n) is 7.44. The third kappa shape index (κ3) is 5.56. The molecule has 1 N–H and O–H groups in total. The minimum absolute atomic E-state index is 0.00320. The Morgan fingerprint density at radius 2 is 1.96 bits per heavy atom. The van der Waals surface area contributed by atoms with E-state index < -0.39 is 34.8 Å². The van der Waals surface area contributed by atoms with E-state index in [4.69, 9.17) is 9.47 Å². The van der Waals surface area contributed by atoms with Crippen molar-refractivity contribution in [3.05, 3.63) is 57.8 Å². The summed E-state index contributed by atoms with van der Waals surface area (Å²) in [4.78, 5) is 24.9. The van der Waals surface area contributed by atoms with Gasteiger partial charge in [0.25, 0.3) is 5.69 Å². The summed E-state index contributed by atoms with van der Waals surface area (Å²) in [6, 6.07) is 5.37. The zero-order chi connectivity index (χ0) is 20.2. The average molecular weight is 386 g/mol. The number of aromatic hydroxyl groups is 1. The van der Waals surface area contributed by atoms with Crippen molar-refractivity contribution in [2.24, 2.45) is 0 Å². The number of nitro groups is 1. The summed E-state index contributed by atoms with van der Waals surface area (Å²) >= 11 is 0. The quantitative estimate of drug-likeness (QED) is 0.359. The molecule has 1 aromatic carbocycles. The molecule has 1 atom stereocenters. The standard InChI is InChI=1S/C16H13F3N2O6/c1-9(6-10-7-13(16(17,18)19)14(22)20-8-10)26-15(23)27-12-4-2-11(3-5-12)21(24)25/h2-5,7-9H,6H2,1H3,(H,20,22). The Bertz CT molecular complexity index is 839. The third-order valence-electron chi connectivity index (χ3n) is 3.30. The predicted octanol–water partition coefficient (Wildman–Crippen LogP) is 3.86. The summed E-state index contributed by atoms with van der Waals surface area (Å²) in [5.74, 6) is -1.14. The Hall–Kier alpha value is -3.37. The van der Waals surface area contributed by atoms with Gasteiger partial charge in [-0.1, -0.05) is 0 Å². The Labute approximate surface area is 150 Å². The summed E-state index contributed by atoms with van der Waals surface area (Å²) in [7, 11) is 0. The molecule has 144 valence electrons. The number of nitro benzene ring substituents is 1. The van der Waals surface area contributed by atoms with E-state index in [1.54, 1.807) is 0 Å².